The van der Waals surface area contributed by atoms with E-state index in [1.807, 2.05) is 59.2 Å². The van der Waals surface area contributed by atoms with Crippen molar-refractivity contribution in [2.75, 3.05) is 14.2 Å². The third-order valence-electron chi connectivity index (χ3n) is 5.17. The molecule has 0 bridgehead atoms. The van der Waals surface area contributed by atoms with Crippen LogP contribution in [-0.2, 0) is 11.3 Å². The second-order valence-electron chi connectivity index (χ2n) is 6.98. The molecule has 0 fully saturated rings. The van der Waals surface area contributed by atoms with Crippen molar-refractivity contribution in [2.45, 2.75) is 6.54 Å². The molecule has 0 aliphatic rings. The van der Waals surface area contributed by atoms with Gasteiger partial charge in [-0.15, -0.1) is 0 Å². The van der Waals surface area contributed by atoms with E-state index in [4.69, 9.17) is 9.47 Å². The number of ether oxygens (including phenoxy) is 2. The van der Waals surface area contributed by atoms with Crippen molar-refractivity contribution in [2.24, 2.45) is 0 Å². The molecule has 4 aromatic rings. The highest BCUT2D eigenvalue weighted by Gasteiger charge is 2.29. The van der Waals surface area contributed by atoms with E-state index >= 15 is 0 Å². The van der Waals surface area contributed by atoms with Gasteiger partial charge in [0, 0.05) is 21.9 Å². The van der Waals surface area contributed by atoms with Crippen LogP contribution >= 0.6 is 15.9 Å². The number of carbonyl (C=O) groups is 2. The summed E-state index contributed by atoms with van der Waals surface area (Å²) >= 11 is 3.40. The van der Waals surface area contributed by atoms with E-state index in [-0.39, 0.29) is 11.5 Å². The molecule has 0 aliphatic carbocycles. The second kappa shape index (κ2) is 8.78. The normalized spacial score (nSPS) is 10.8. The summed E-state index contributed by atoms with van der Waals surface area (Å²) in [4.78, 5) is 26.7. The molecule has 0 unspecified atom stereocenters. The number of rotatable bonds is 6. The van der Waals surface area contributed by atoms with Crippen molar-refractivity contribution in [1.29, 1.82) is 0 Å². The van der Waals surface area contributed by atoms with Gasteiger partial charge in [0.25, 0.3) is 0 Å². The first-order chi connectivity index (χ1) is 15.0. The van der Waals surface area contributed by atoms with Gasteiger partial charge in [-0.05, 0) is 29.8 Å². The van der Waals surface area contributed by atoms with Crippen LogP contribution in [0.25, 0.3) is 10.9 Å². The number of ketones is 1. The minimum absolute atomic E-state index is 0.225. The number of methoxy groups -OCH3 is 2. The van der Waals surface area contributed by atoms with Crippen LogP contribution < -0.4 is 4.74 Å². The van der Waals surface area contributed by atoms with Gasteiger partial charge in [0.15, 0.2) is 5.78 Å². The Bertz CT molecular complexity index is 1280. The number of benzene rings is 3. The molecule has 1 heterocycles. The zero-order valence-electron chi connectivity index (χ0n) is 17.1. The minimum Gasteiger partial charge on any atom is -0.496 e. The molecule has 3 aromatic carbocycles. The first-order valence-electron chi connectivity index (χ1n) is 9.67. The number of para-hydroxylation sites is 1. The molecule has 0 N–H and O–H groups in total. The van der Waals surface area contributed by atoms with Crippen LogP contribution in [0.5, 0.6) is 5.75 Å². The van der Waals surface area contributed by atoms with Crippen LogP contribution in [0, 0.1) is 0 Å². The van der Waals surface area contributed by atoms with Gasteiger partial charge < -0.3 is 14.0 Å². The Morgan fingerprint density at radius 1 is 0.935 bits per heavy atom. The highest BCUT2D eigenvalue weighted by Crippen LogP contribution is 2.33. The molecule has 0 saturated heterocycles. The van der Waals surface area contributed by atoms with Crippen LogP contribution in [0.4, 0.5) is 0 Å². The maximum Gasteiger partial charge on any atom is 0.355 e. The molecule has 0 atom stereocenters. The lowest BCUT2D eigenvalue weighted by molar-refractivity contribution is 0.0586. The molecule has 6 heteroatoms. The fraction of sp³-hybridized carbons (Fsp3) is 0.120. The third kappa shape index (κ3) is 3.86. The van der Waals surface area contributed by atoms with E-state index in [9.17, 15) is 9.59 Å². The summed E-state index contributed by atoms with van der Waals surface area (Å²) in [6.45, 7) is 0.427. The number of halogens is 1. The van der Waals surface area contributed by atoms with Gasteiger partial charge in [0.05, 0.1) is 25.3 Å². The van der Waals surface area contributed by atoms with E-state index in [0.29, 0.717) is 28.8 Å². The van der Waals surface area contributed by atoms with Crippen molar-refractivity contribution < 1.29 is 19.1 Å². The van der Waals surface area contributed by atoms with E-state index in [1.54, 1.807) is 18.2 Å². The molecule has 156 valence electrons. The van der Waals surface area contributed by atoms with Gasteiger partial charge in [0.1, 0.15) is 11.4 Å². The molecule has 0 spiro atoms. The summed E-state index contributed by atoms with van der Waals surface area (Å²) < 4.78 is 13.2. The summed E-state index contributed by atoms with van der Waals surface area (Å²) in [5.74, 6) is -0.436. The topological polar surface area (TPSA) is 57.5 Å². The van der Waals surface area contributed by atoms with Crippen LogP contribution in [-0.4, -0.2) is 30.5 Å². The van der Waals surface area contributed by atoms with Crippen molar-refractivity contribution in [3.63, 3.8) is 0 Å². The molecule has 31 heavy (non-hydrogen) atoms. The fourth-order valence-corrected chi connectivity index (χ4v) is 4.10. The maximum absolute atomic E-state index is 13.7. The van der Waals surface area contributed by atoms with Crippen molar-refractivity contribution in [3.8, 4) is 5.75 Å². The Morgan fingerprint density at radius 2 is 1.65 bits per heavy atom. The summed E-state index contributed by atoms with van der Waals surface area (Å²) in [6.07, 6.45) is 0. The molecule has 1 aromatic heterocycles. The Kier molecular flexibility index (Phi) is 5.91. The second-order valence-corrected chi connectivity index (χ2v) is 7.89. The smallest absolute Gasteiger partial charge is 0.355 e. The van der Waals surface area contributed by atoms with Crippen LogP contribution in [0.2, 0.25) is 0 Å². The van der Waals surface area contributed by atoms with Gasteiger partial charge in [-0.1, -0.05) is 64.5 Å². The number of hydrogen-bond acceptors (Lipinski definition) is 4. The highest BCUT2D eigenvalue weighted by atomic mass is 79.9. The van der Waals surface area contributed by atoms with Crippen molar-refractivity contribution >= 4 is 38.6 Å². The molecule has 4 rings (SSSR count). The van der Waals surface area contributed by atoms with Crippen molar-refractivity contribution in [3.05, 3.63) is 99.7 Å². The number of fused-ring (bicyclic) bond motifs is 1. The summed E-state index contributed by atoms with van der Waals surface area (Å²) in [5.41, 5.74) is 2.69. The van der Waals surface area contributed by atoms with Crippen LogP contribution in [0.3, 0.4) is 0 Å². The predicted octanol–water partition coefficient (Wildman–Crippen LogP) is 5.48. The third-order valence-corrected chi connectivity index (χ3v) is 5.66. The van der Waals surface area contributed by atoms with E-state index in [2.05, 4.69) is 15.9 Å². The number of carbonyl (C=O) groups excluding carboxylic acids is 2. The van der Waals surface area contributed by atoms with Gasteiger partial charge in [-0.25, -0.2) is 4.79 Å². The Labute approximate surface area is 188 Å². The molecule has 5 nitrogen and oxygen atoms in total. The number of nitrogens with zero attached hydrogens (tertiary/aromatic N) is 1. The van der Waals surface area contributed by atoms with Gasteiger partial charge >= 0.3 is 5.97 Å². The zero-order valence-corrected chi connectivity index (χ0v) is 18.7. The lowest BCUT2D eigenvalue weighted by Gasteiger charge is -2.12. The van der Waals surface area contributed by atoms with Crippen molar-refractivity contribution in [1.82, 2.24) is 4.57 Å². The average Bonchev–Trinajstić information content (AvgIpc) is 3.12. The van der Waals surface area contributed by atoms with E-state index in [0.717, 1.165) is 15.6 Å². The molecule has 0 radical (unpaired) electrons. The SMILES string of the molecule is COC(=O)c1c(C(=O)c2ccc(Br)cc2OC)c2ccccc2n1Cc1ccccc1. The number of esters is 1. The lowest BCUT2D eigenvalue weighted by atomic mass is 9.99. The average molecular weight is 478 g/mol. The molecular formula is C25H20BrNO4. The fourth-order valence-electron chi connectivity index (χ4n) is 3.76. The summed E-state index contributed by atoms with van der Waals surface area (Å²) in [7, 11) is 2.83. The lowest BCUT2D eigenvalue weighted by Crippen LogP contribution is -2.16. The Balaban J connectivity index is 1.99. The Morgan fingerprint density at radius 3 is 2.35 bits per heavy atom. The van der Waals surface area contributed by atoms with Gasteiger partial charge in [-0.2, -0.15) is 0 Å². The van der Waals surface area contributed by atoms with E-state index < -0.39 is 5.97 Å². The predicted molar refractivity (Wildman–Crippen MR) is 123 cm³/mol. The summed E-state index contributed by atoms with van der Waals surface area (Å²) in [5, 5.41) is 0.689. The summed E-state index contributed by atoms with van der Waals surface area (Å²) in [6, 6.07) is 22.5. The van der Waals surface area contributed by atoms with E-state index in [1.165, 1.54) is 14.2 Å². The Hall–Kier alpha value is -3.38. The number of hydrogen-bond donors (Lipinski definition) is 0. The number of aromatic nitrogens is 1. The molecule has 0 aliphatic heterocycles. The first-order valence-corrected chi connectivity index (χ1v) is 10.5. The monoisotopic (exact) mass is 477 g/mol. The molecule has 0 amide bonds. The first kappa shape index (κ1) is 20.9. The largest absolute Gasteiger partial charge is 0.496 e. The van der Waals surface area contributed by atoms with Gasteiger partial charge in [0.2, 0.25) is 0 Å². The van der Waals surface area contributed by atoms with Crippen LogP contribution in [0.1, 0.15) is 32.0 Å². The quantitative estimate of drug-likeness (QED) is 0.272. The zero-order chi connectivity index (χ0) is 22.0. The minimum atomic E-state index is -0.563. The standard InChI is InChI=1S/C25H20BrNO4/c1-30-21-14-17(26)12-13-19(21)24(28)22-18-10-6-7-11-20(18)27(23(22)25(29)31-2)15-16-8-4-3-5-9-16/h3-14H,15H2,1-2H3. The molecule has 0 saturated carbocycles. The molecular weight excluding hydrogens is 458 g/mol. The maximum atomic E-state index is 13.7. The van der Waals surface area contributed by atoms with Crippen LogP contribution in [0.15, 0.2) is 77.3 Å². The van der Waals surface area contributed by atoms with Gasteiger partial charge in [-0.3, -0.25) is 4.79 Å². The highest BCUT2D eigenvalue weighted by molar-refractivity contribution is 9.10.